The Balaban J connectivity index is 1.89. The highest BCUT2D eigenvalue weighted by Crippen LogP contribution is 2.30. The Bertz CT molecular complexity index is 394. The Morgan fingerprint density at radius 2 is 2.16 bits per heavy atom. The normalized spacial score (nSPS) is 19.9. The lowest BCUT2D eigenvalue weighted by molar-refractivity contribution is -0.123. The molecule has 0 aromatic carbocycles. The van der Waals surface area contributed by atoms with Crippen LogP contribution in [0.3, 0.4) is 0 Å². The molecule has 1 atom stereocenters. The van der Waals surface area contributed by atoms with Crippen molar-refractivity contribution >= 4 is 5.91 Å². The summed E-state index contributed by atoms with van der Waals surface area (Å²) in [4.78, 5) is 12.2. The fraction of sp³-hybridized carbons (Fsp3) is 0.667. The molecule has 19 heavy (non-hydrogen) atoms. The molecule has 1 aromatic heterocycles. The van der Waals surface area contributed by atoms with Crippen molar-refractivity contribution in [1.82, 2.24) is 10.6 Å². The lowest BCUT2D eigenvalue weighted by Crippen LogP contribution is -2.48. The molecule has 0 saturated heterocycles. The van der Waals surface area contributed by atoms with E-state index in [4.69, 9.17) is 4.42 Å². The van der Waals surface area contributed by atoms with Gasteiger partial charge in [-0.25, -0.2) is 0 Å². The average molecular weight is 264 g/mol. The molecule has 2 N–H and O–H groups in total. The number of hydrogen-bond donors (Lipinski definition) is 2. The minimum absolute atomic E-state index is 0.00871. The predicted octanol–water partition coefficient (Wildman–Crippen LogP) is 2.77. The third-order valence-electron chi connectivity index (χ3n) is 4.19. The molecule has 2 rings (SSSR count). The van der Waals surface area contributed by atoms with Gasteiger partial charge in [0, 0.05) is 12.0 Å². The minimum Gasteiger partial charge on any atom is -0.467 e. The Morgan fingerprint density at radius 1 is 1.42 bits per heavy atom. The van der Waals surface area contributed by atoms with E-state index in [0.717, 1.165) is 18.6 Å². The summed E-state index contributed by atoms with van der Waals surface area (Å²) < 4.78 is 5.31. The van der Waals surface area contributed by atoms with Crippen LogP contribution >= 0.6 is 0 Å². The number of hydrogen-bond acceptors (Lipinski definition) is 3. The number of carbonyl (C=O) groups is 1. The molecule has 1 saturated carbocycles. The summed E-state index contributed by atoms with van der Waals surface area (Å²) in [7, 11) is 1.97. The molecule has 1 aliphatic rings. The Morgan fingerprint density at radius 3 is 2.74 bits per heavy atom. The van der Waals surface area contributed by atoms with Gasteiger partial charge in [-0.15, -0.1) is 0 Å². The van der Waals surface area contributed by atoms with Crippen molar-refractivity contribution in [1.29, 1.82) is 0 Å². The van der Waals surface area contributed by atoms with Crippen molar-refractivity contribution in [3.63, 3.8) is 0 Å². The van der Waals surface area contributed by atoms with Crippen LogP contribution in [0, 0.1) is 0 Å². The van der Waals surface area contributed by atoms with Crippen molar-refractivity contribution in [2.45, 2.75) is 57.0 Å². The van der Waals surface area contributed by atoms with Gasteiger partial charge in [-0.3, -0.25) is 4.79 Å². The van der Waals surface area contributed by atoms with E-state index in [1.165, 1.54) is 19.3 Å². The van der Waals surface area contributed by atoms with E-state index >= 15 is 0 Å². The lowest BCUT2D eigenvalue weighted by atomic mass is 9.79. The van der Waals surface area contributed by atoms with Gasteiger partial charge in [0.25, 0.3) is 0 Å². The topological polar surface area (TPSA) is 54.3 Å². The van der Waals surface area contributed by atoms with E-state index in [0.29, 0.717) is 6.42 Å². The number of carbonyl (C=O) groups excluding carboxylic acids is 1. The lowest BCUT2D eigenvalue weighted by Gasteiger charge is -2.36. The van der Waals surface area contributed by atoms with Crippen LogP contribution in [0.1, 0.15) is 57.3 Å². The average Bonchev–Trinajstić information content (AvgIpc) is 2.93. The molecule has 1 aliphatic carbocycles. The maximum absolute atomic E-state index is 12.2. The van der Waals surface area contributed by atoms with Gasteiger partial charge in [-0.05, 0) is 38.9 Å². The van der Waals surface area contributed by atoms with Crippen LogP contribution in [-0.2, 0) is 4.79 Å². The molecule has 1 heterocycles. The minimum atomic E-state index is -0.0694. The third-order valence-corrected chi connectivity index (χ3v) is 4.19. The monoisotopic (exact) mass is 264 g/mol. The van der Waals surface area contributed by atoms with E-state index in [1.54, 1.807) is 6.26 Å². The van der Waals surface area contributed by atoms with Crippen LogP contribution in [0.2, 0.25) is 0 Å². The molecule has 0 spiro atoms. The summed E-state index contributed by atoms with van der Waals surface area (Å²) in [5.41, 5.74) is -0.00871. The quantitative estimate of drug-likeness (QED) is 0.860. The van der Waals surface area contributed by atoms with Gasteiger partial charge in [0.05, 0.1) is 12.3 Å². The summed E-state index contributed by atoms with van der Waals surface area (Å²) in [5, 5.41) is 6.39. The van der Waals surface area contributed by atoms with Gasteiger partial charge >= 0.3 is 0 Å². The zero-order chi connectivity index (χ0) is 13.7. The van der Waals surface area contributed by atoms with E-state index in [-0.39, 0.29) is 17.5 Å². The summed E-state index contributed by atoms with van der Waals surface area (Å²) >= 11 is 0. The second kappa shape index (κ2) is 6.24. The number of furan rings is 1. The van der Waals surface area contributed by atoms with Crippen LogP contribution in [0.5, 0.6) is 0 Å². The van der Waals surface area contributed by atoms with Crippen LogP contribution in [0.25, 0.3) is 0 Å². The van der Waals surface area contributed by atoms with Crippen LogP contribution in [0.15, 0.2) is 22.8 Å². The smallest absolute Gasteiger partial charge is 0.222 e. The number of amides is 1. The standard InChI is InChI=1S/C15H24N2O2/c1-12(13-7-6-10-19-13)17-14(18)11-15(16-2)8-4-3-5-9-15/h6-7,10,12,16H,3-5,8-9,11H2,1-2H3,(H,17,18)/t12-/m0/s1. The number of rotatable bonds is 5. The van der Waals surface area contributed by atoms with Crippen molar-refractivity contribution in [3.05, 3.63) is 24.2 Å². The highest BCUT2D eigenvalue weighted by atomic mass is 16.3. The Kier molecular flexibility index (Phi) is 4.64. The highest BCUT2D eigenvalue weighted by molar-refractivity contribution is 5.77. The van der Waals surface area contributed by atoms with Crippen molar-refractivity contribution < 1.29 is 9.21 Å². The summed E-state index contributed by atoms with van der Waals surface area (Å²) in [6.45, 7) is 1.95. The second-order valence-electron chi connectivity index (χ2n) is 5.57. The molecule has 1 amide bonds. The maximum Gasteiger partial charge on any atom is 0.222 e. The second-order valence-corrected chi connectivity index (χ2v) is 5.57. The molecular formula is C15H24N2O2. The first-order valence-corrected chi connectivity index (χ1v) is 7.17. The molecular weight excluding hydrogens is 240 g/mol. The van der Waals surface area contributed by atoms with Crippen LogP contribution < -0.4 is 10.6 Å². The fourth-order valence-electron chi connectivity index (χ4n) is 2.95. The van der Waals surface area contributed by atoms with Crippen molar-refractivity contribution in [2.75, 3.05) is 7.05 Å². The molecule has 1 fully saturated rings. The Labute approximate surface area is 114 Å². The molecule has 4 heteroatoms. The molecule has 106 valence electrons. The molecule has 4 nitrogen and oxygen atoms in total. The van der Waals surface area contributed by atoms with Gasteiger partial charge in [-0.2, -0.15) is 0 Å². The van der Waals surface area contributed by atoms with E-state index < -0.39 is 0 Å². The molecule has 0 unspecified atom stereocenters. The predicted molar refractivity (Wildman–Crippen MR) is 74.8 cm³/mol. The fourth-order valence-corrected chi connectivity index (χ4v) is 2.95. The highest BCUT2D eigenvalue weighted by Gasteiger charge is 2.32. The molecule has 0 bridgehead atoms. The maximum atomic E-state index is 12.2. The summed E-state index contributed by atoms with van der Waals surface area (Å²) in [6, 6.07) is 3.66. The zero-order valence-corrected chi connectivity index (χ0v) is 11.9. The zero-order valence-electron chi connectivity index (χ0n) is 11.9. The van der Waals surface area contributed by atoms with Gasteiger partial charge in [0.15, 0.2) is 0 Å². The van der Waals surface area contributed by atoms with Gasteiger partial charge in [0.2, 0.25) is 5.91 Å². The number of nitrogens with one attached hydrogen (secondary N) is 2. The van der Waals surface area contributed by atoms with E-state index in [1.807, 2.05) is 26.1 Å². The van der Waals surface area contributed by atoms with E-state index in [9.17, 15) is 4.79 Å². The summed E-state index contributed by atoms with van der Waals surface area (Å²) in [5.74, 6) is 0.899. The first-order valence-electron chi connectivity index (χ1n) is 7.17. The largest absolute Gasteiger partial charge is 0.467 e. The van der Waals surface area contributed by atoms with Gasteiger partial charge in [0.1, 0.15) is 5.76 Å². The SMILES string of the molecule is CNC1(CC(=O)N[C@@H](C)c2ccco2)CCCCC1. The van der Waals surface area contributed by atoms with Gasteiger partial charge < -0.3 is 15.1 Å². The van der Waals surface area contributed by atoms with Crippen LogP contribution in [0.4, 0.5) is 0 Å². The summed E-state index contributed by atoms with van der Waals surface area (Å²) in [6.07, 6.45) is 8.07. The Hall–Kier alpha value is -1.29. The molecule has 0 aliphatic heterocycles. The van der Waals surface area contributed by atoms with Crippen molar-refractivity contribution in [3.8, 4) is 0 Å². The molecule has 0 radical (unpaired) electrons. The van der Waals surface area contributed by atoms with Crippen LogP contribution in [-0.4, -0.2) is 18.5 Å². The van der Waals surface area contributed by atoms with E-state index in [2.05, 4.69) is 10.6 Å². The molecule has 1 aromatic rings. The first kappa shape index (κ1) is 14.1. The van der Waals surface area contributed by atoms with Crippen molar-refractivity contribution in [2.24, 2.45) is 0 Å². The first-order chi connectivity index (χ1) is 9.15. The van der Waals surface area contributed by atoms with Gasteiger partial charge in [-0.1, -0.05) is 19.3 Å². The third kappa shape index (κ3) is 3.60.